The molecule has 0 fully saturated rings. The van der Waals surface area contributed by atoms with Crippen molar-refractivity contribution in [3.05, 3.63) is 53.6 Å². The number of carbonyl (C=O) groups excluding carboxylic acids is 1. The van der Waals surface area contributed by atoms with Crippen LogP contribution in [0, 0.1) is 6.92 Å². The van der Waals surface area contributed by atoms with Crippen molar-refractivity contribution >= 4 is 23.4 Å². The topological polar surface area (TPSA) is 91.3 Å². The molecule has 0 aliphatic heterocycles. The average molecular weight is 413 g/mol. The molecule has 2 aromatic carbocycles. The lowest BCUT2D eigenvalue weighted by atomic mass is 10.1. The monoisotopic (exact) mass is 413 g/mol. The molecule has 1 aromatic heterocycles. The minimum Gasteiger partial charge on any atom is -0.538 e. The first-order valence-electron chi connectivity index (χ1n) is 9.28. The number of nitrogens with one attached hydrogen (secondary N) is 1. The van der Waals surface area contributed by atoms with Crippen LogP contribution in [-0.2, 0) is 11.2 Å². The number of aromatic nitrogens is 2. The van der Waals surface area contributed by atoms with Gasteiger partial charge in [-0.3, -0.25) is 4.79 Å². The summed E-state index contributed by atoms with van der Waals surface area (Å²) in [6, 6.07) is 13.1. The maximum atomic E-state index is 12.4. The van der Waals surface area contributed by atoms with Gasteiger partial charge in [0.25, 0.3) is 5.03 Å². The Balaban J connectivity index is 1.64. The van der Waals surface area contributed by atoms with Gasteiger partial charge in [0.05, 0.1) is 12.4 Å². The van der Waals surface area contributed by atoms with E-state index >= 15 is 0 Å². The van der Waals surface area contributed by atoms with Gasteiger partial charge in [0.15, 0.2) is 5.95 Å². The highest BCUT2D eigenvalue weighted by Gasteiger charge is 2.21. The highest BCUT2D eigenvalue weighted by atomic mass is 32.2. The molecule has 0 unspecified atom stereocenters. The molecule has 0 aliphatic carbocycles. The summed E-state index contributed by atoms with van der Waals surface area (Å²) in [5.41, 5.74) is 3.68. The maximum Gasteiger partial charge on any atom is 0.297 e. The second-order valence-corrected chi connectivity index (χ2v) is 7.47. The Hall–Kier alpha value is -3.00. The lowest BCUT2D eigenvalue weighted by molar-refractivity contribution is -0.705. The number of carbonyl (C=O) groups is 1. The summed E-state index contributed by atoms with van der Waals surface area (Å²) in [5, 5.41) is 19.2. The van der Waals surface area contributed by atoms with Crippen LogP contribution in [0.5, 0.6) is 11.7 Å². The minimum atomic E-state index is -0.529. The zero-order chi connectivity index (χ0) is 20.8. The van der Waals surface area contributed by atoms with Crippen LogP contribution in [-0.4, -0.2) is 24.0 Å². The smallest absolute Gasteiger partial charge is 0.297 e. The van der Waals surface area contributed by atoms with Gasteiger partial charge in [-0.25, -0.2) is 0 Å². The van der Waals surface area contributed by atoms with E-state index in [0.717, 1.165) is 23.2 Å². The van der Waals surface area contributed by atoms with Gasteiger partial charge in [0.1, 0.15) is 5.75 Å². The number of ether oxygens (including phenoxy) is 1. The summed E-state index contributed by atoms with van der Waals surface area (Å²) < 4.78 is 11.4. The Morgan fingerprint density at radius 3 is 2.72 bits per heavy atom. The average Bonchev–Trinajstić information content (AvgIpc) is 3.10. The summed E-state index contributed by atoms with van der Waals surface area (Å²) >= 11 is 1.24. The van der Waals surface area contributed by atoms with Crippen LogP contribution in [0.25, 0.3) is 5.69 Å². The van der Waals surface area contributed by atoms with E-state index in [2.05, 4.69) is 17.5 Å². The molecule has 0 atom stereocenters. The number of para-hydroxylation sites is 1. The second-order valence-electron chi connectivity index (χ2n) is 6.38. The van der Waals surface area contributed by atoms with Gasteiger partial charge in [-0.1, -0.05) is 36.9 Å². The van der Waals surface area contributed by atoms with Gasteiger partial charge < -0.3 is 19.7 Å². The molecule has 0 saturated heterocycles. The van der Waals surface area contributed by atoms with Gasteiger partial charge in [-0.05, 0) is 41.3 Å². The standard InChI is InChI=1S/C21H23N3O4S/c1-4-15-7-5-6-14(2)19(15)22-18(25)12-13-29-20-21(26)28-23-24(20)16-8-10-17(27-3)11-9-16/h5-11H,4,12-13H2,1-3H3,(H-,22,23,25,26). The van der Waals surface area contributed by atoms with E-state index in [1.807, 2.05) is 25.1 Å². The van der Waals surface area contributed by atoms with E-state index in [9.17, 15) is 9.90 Å². The van der Waals surface area contributed by atoms with E-state index in [1.54, 1.807) is 31.4 Å². The SMILES string of the molecule is CCc1cccc(C)c1NC(=O)CCSc1c([O-])on[n+]1-c1ccc(OC)cc1. The third-order valence-electron chi connectivity index (χ3n) is 4.46. The quantitative estimate of drug-likeness (QED) is 0.451. The molecule has 1 N–H and O–H groups in total. The number of benzene rings is 2. The van der Waals surface area contributed by atoms with Crippen molar-refractivity contribution < 1.29 is 23.8 Å². The Bertz CT molecular complexity index is 986. The van der Waals surface area contributed by atoms with E-state index in [0.29, 0.717) is 22.2 Å². The fraction of sp³-hybridized carbons (Fsp3) is 0.286. The van der Waals surface area contributed by atoms with Crippen LogP contribution in [0.3, 0.4) is 0 Å². The first-order chi connectivity index (χ1) is 14.0. The Labute approximate surface area is 173 Å². The molecule has 0 spiro atoms. The number of amides is 1. The molecule has 0 aliphatic rings. The predicted molar refractivity (Wildman–Crippen MR) is 109 cm³/mol. The minimum absolute atomic E-state index is 0.0959. The van der Waals surface area contributed by atoms with E-state index < -0.39 is 5.95 Å². The van der Waals surface area contributed by atoms with Crippen molar-refractivity contribution in [2.24, 2.45) is 0 Å². The summed E-state index contributed by atoms with van der Waals surface area (Å²) in [5.74, 6) is 0.500. The number of anilines is 1. The van der Waals surface area contributed by atoms with Gasteiger partial charge in [0.2, 0.25) is 11.6 Å². The van der Waals surface area contributed by atoms with Crippen LogP contribution < -0.4 is 19.8 Å². The molecular weight excluding hydrogens is 390 g/mol. The molecule has 1 heterocycles. The number of hydrogen-bond donors (Lipinski definition) is 1. The van der Waals surface area contributed by atoms with Crippen LogP contribution in [0.2, 0.25) is 0 Å². The lowest BCUT2D eigenvalue weighted by Gasteiger charge is -2.12. The number of methoxy groups -OCH3 is 1. The number of rotatable bonds is 8. The molecule has 3 aromatic rings. The molecule has 0 bridgehead atoms. The van der Waals surface area contributed by atoms with Crippen LogP contribution in [0.4, 0.5) is 5.69 Å². The normalized spacial score (nSPS) is 10.7. The van der Waals surface area contributed by atoms with Crippen molar-refractivity contribution in [2.75, 3.05) is 18.2 Å². The van der Waals surface area contributed by atoms with Gasteiger partial charge in [-0.2, -0.15) is 0 Å². The molecule has 7 nitrogen and oxygen atoms in total. The largest absolute Gasteiger partial charge is 0.538 e. The van der Waals surface area contributed by atoms with Crippen molar-refractivity contribution in [1.82, 2.24) is 5.27 Å². The van der Waals surface area contributed by atoms with Crippen molar-refractivity contribution in [2.45, 2.75) is 31.7 Å². The van der Waals surface area contributed by atoms with Crippen molar-refractivity contribution in [3.63, 3.8) is 0 Å². The molecular formula is C21H23N3O4S. The van der Waals surface area contributed by atoms with E-state index in [4.69, 9.17) is 9.26 Å². The van der Waals surface area contributed by atoms with Gasteiger partial charge in [-0.15, -0.1) is 0 Å². The number of nitrogens with zero attached hydrogens (tertiary/aromatic N) is 2. The zero-order valence-electron chi connectivity index (χ0n) is 16.6. The Kier molecular flexibility index (Phi) is 6.77. The predicted octanol–water partition coefficient (Wildman–Crippen LogP) is 3.03. The van der Waals surface area contributed by atoms with Crippen LogP contribution in [0.1, 0.15) is 24.5 Å². The molecule has 1 amide bonds. The summed E-state index contributed by atoms with van der Waals surface area (Å²) in [7, 11) is 1.58. The summed E-state index contributed by atoms with van der Waals surface area (Å²) in [4.78, 5) is 12.4. The molecule has 29 heavy (non-hydrogen) atoms. The molecule has 0 radical (unpaired) electrons. The maximum absolute atomic E-state index is 12.4. The molecule has 152 valence electrons. The highest BCUT2D eigenvalue weighted by Crippen LogP contribution is 2.25. The fourth-order valence-electron chi connectivity index (χ4n) is 2.89. The molecule has 8 heteroatoms. The summed E-state index contributed by atoms with van der Waals surface area (Å²) in [6.45, 7) is 4.03. The third-order valence-corrected chi connectivity index (χ3v) is 5.48. The van der Waals surface area contributed by atoms with Crippen molar-refractivity contribution in [3.8, 4) is 17.4 Å². The third kappa shape index (κ3) is 4.89. The zero-order valence-corrected chi connectivity index (χ0v) is 17.4. The van der Waals surface area contributed by atoms with Gasteiger partial charge >= 0.3 is 0 Å². The molecule has 3 rings (SSSR count). The van der Waals surface area contributed by atoms with Crippen LogP contribution in [0.15, 0.2) is 52.0 Å². The summed E-state index contributed by atoms with van der Waals surface area (Å²) in [6.07, 6.45) is 1.10. The Morgan fingerprint density at radius 1 is 1.28 bits per heavy atom. The van der Waals surface area contributed by atoms with E-state index in [1.165, 1.54) is 16.4 Å². The first-order valence-corrected chi connectivity index (χ1v) is 10.3. The van der Waals surface area contributed by atoms with Crippen molar-refractivity contribution in [1.29, 1.82) is 0 Å². The second kappa shape index (κ2) is 9.47. The Morgan fingerprint density at radius 2 is 2.03 bits per heavy atom. The van der Waals surface area contributed by atoms with Gasteiger partial charge in [0, 0.05) is 30.0 Å². The molecule has 0 saturated carbocycles. The van der Waals surface area contributed by atoms with E-state index in [-0.39, 0.29) is 12.3 Å². The van der Waals surface area contributed by atoms with Crippen LogP contribution >= 0.6 is 11.8 Å². The highest BCUT2D eigenvalue weighted by molar-refractivity contribution is 7.99. The number of aryl methyl sites for hydroxylation is 2. The fourth-order valence-corrected chi connectivity index (χ4v) is 3.79. The number of thioether (sulfide) groups is 1. The lowest BCUT2D eigenvalue weighted by Crippen LogP contribution is -2.34. The first kappa shape index (κ1) is 20.7. The number of hydrogen-bond acceptors (Lipinski definition) is 6.